The van der Waals surface area contributed by atoms with Crippen molar-refractivity contribution in [3.8, 4) is 5.75 Å². The van der Waals surface area contributed by atoms with Gasteiger partial charge in [0.15, 0.2) is 0 Å². The number of nitrogens with one attached hydrogen (secondary N) is 2. The van der Waals surface area contributed by atoms with Crippen molar-refractivity contribution in [2.24, 2.45) is 5.10 Å². The number of rotatable bonds is 5. The summed E-state index contributed by atoms with van der Waals surface area (Å²) in [6.07, 6.45) is 1.30. The first-order valence-corrected chi connectivity index (χ1v) is 8.08. The van der Waals surface area contributed by atoms with Crippen molar-refractivity contribution in [1.82, 2.24) is 5.43 Å². The summed E-state index contributed by atoms with van der Waals surface area (Å²) in [6, 6.07) is 11.8. The van der Waals surface area contributed by atoms with E-state index in [4.69, 9.17) is 27.9 Å². The standard InChI is InChI=1S/C17H15Cl2N3O3/c1-2-25-14-9-4-3-8-13(14)21-16(23)17(24)22-20-10-11-6-5-7-12(18)15(11)19/h3-10H,2H2,1H3,(H,21,23)(H,22,24)/b20-10+. The molecule has 0 aliphatic carbocycles. The molecule has 0 atom stereocenters. The highest BCUT2D eigenvalue weighted by molar-refractivity contribution is 6.43. The summed E-state index contributed by atoms with van der Waals surface area (Å²) in [5.41, 5.74) is 3.03. The third-order valence-corrected chi connectivity index (χ3v) is 3.83. The molecule has 2 aromatic carbocycles. The molecule has 0 aliphatic rings. The van der Waals surface area contributed by atoms with Crippen molar-refractivity contribution in [2.75, 3.05) is 11.9 Å². The van der Waals surface area contributed by atoms with Crippen LogP contribution in [0.1, 0.15) is 12.5 Å². The Kier molecular flexibility index (Phi) is 6.80. The number of hydrazone groups is 1. The van der Waals surface area contributed by atoms with E-state index in [0.717, 1.165) is 0 Å². The van der Waals surface area contributed by atoms with Crippen LogP contribution in [0.25, 0.3) is 0 Å². The maximum Gasteiger partial charge on any atom is 0.329 e. The Morgan fingerprint density at radius 3 is 2.64 bits per heavy atom. The predicted molar refractivity (Wildman–Crippen MR) is 98.4 cm³/mol. The summed E-state index contributed by atoms with van der Waals surface area (Å²) in [6.45, 7) is 2.25. The van der Waals surface area contributed by atoms with Gasteiger partial charge in [0.05, 0.1) is 28.6 Å². The molecule has 6 nitrogen and oxygen atoms in total. The van der Waals surface area contributed by atoms with Crippen LogP contribution >= 0.6 is 23.2 Å². The second kappa shape index (κ2) is 9.05. The van der Waals surface area contributed by atoms with Crippen LogP contribution in [0, 0.1) is 0 Å². The summed E-state index contributed by atoms with van der Waals surface area (Å²) in [4.78, 5) is 23.8. The van der Waals surface area contributed by atoms with Gasteiger partial charge < -0.3 is 10.1 Å². The summed E-state index contributed by atoms with van der Waals surface area (Å²) < 4.78 is 5.38. The van der Waals surface area contributed by atoms with Crippen LogP contribution in [0.3, 0.4) is 0 Å². The molecule has 0 bridgehead atoms. The Balaban J connectivity index is 1.98. The molecule has 130 valence electrons. The van der Waals surface area contributed by atoms with Crippen molar-refractivity contribution in [3.05, 3.63) is 58.1 Å². The topological polar surface area (TPSA) is 79.8 Å². The fourth-order valence-corrected chi connectivity index (χ4v) is 2.22. The monoisotopic (exact) mass is 379 g/mol. The first-order valence-electron chi connectivity index (χ1n) is 7.33. The minimum atomic E-state index is -0.930. The number of amides is 2. The van der Waals surface area contributed by atoms with Gasteiger partial charge in [-0.15, -0.1) is 0 Å². The molecule has 2 aromatic rings. The van der Waals surface area contributed by atoms with E-state index < -0.39 is 11.8 Å². The Labute approximate surface area is 154 Å². The van der Waals surface area contributed by atoms with Crippen LogP contribution in [0.5, 0.6) is 5.75 Å². The van der Waals surface area contributed by atoms with Crippen LogP contribution in [-0.2, 0) is 9.59 Å². The molecule has 0 unspecified atom stereocenters. The SMILES string of the molecule is CCOc1ccccc1NC(=O)C(=O)N/N=C/c1cccc(Cl)c1Cl. The third kappa shape index (κ3) is 5.20. The van der Waals surface area contributed by atoms with E-state index in [1.807, 2.05) is 6.92 Å². The maximum atomic E-state index is 11.9. The number of carbonyl (C=O) groups is 2. The van der Waals surface area contributed by atoms with E-state index in [-0.39, 0.29) is 0 Å². The van der Waals surface area contributed by atoms with Gasteiger partial charge >= 0.3 is 11.8 Å². The number of nitrogens with zero attached hydrogens (tertiary/aromatic N) is 1. The van der Waals surface area contributed by atoms with Gasteiger partial charge in [0.2, 0.25) is 0 Å². The number of halogens is 2. The highest BCUT2D eigenvalue weighted by atomic mass is 35.5. The molecule has 0 spiro atoms. The lowest BCUT2D eigenvalue weighted by molar-refractivity contribution is -0.136. The number of anilines is 1. The molecule has 0 aliphatic heterocycles. The molecular formula is C17H15Cl2N3O3. The van der Waals surface area contributed by atoms with Crippen LogP contribution in [0.4, 0.5) is 5.69 Å². The predicted octanol–water partition coefficient (Wildman–Crippen LogP) is 3.48. The number of carbonyl (C=O) groups excluding carboxylic acids is 2. The molecule has 2 N–H and O–H groups in total. The zero-order valence-electron chi connectivity index (χ0n) is 13.3. The Bertz CT molecular complexity index is 809. The third-order valence-electron chi connectivity index (χ3n) is 2.99. The molecular weight excluding hydrogens is 365 g/mol. The van der Waals surface area contributed by atoms with Gasteiger partial charge in [-0.1, -0.05) is 47.5 Å². The van der Waals surface area contributed by atoms with Crippen molar-refractivity contribution in [3.63, 3.8) is 0 Å². The van der Waals surface area contributed by atoms with E-state index in [2.05, 4.69) is 15.8 Å². The van der Waals surface area contributed by atoms with Gasteiger partial charge in [0.25, 0.3) is 0 Å². The van der Waals surface area contributed by atoms with Crippen LogP contribution in [0.15, 0.2) is 47.6 Å². The number of hydrogen-bond acceptors (Lipinski definition) is 4. The fraction of sp³-hybridized carbons (Fsp3) is 0.118. The van der Waals surface area contributed by atoms with Crippen molar-refractivity contribution in [2.45, 2.75) is 6.92 Å². The molecule has 0 fully saturated rings. The lowest BCUT2D eigenvalue weighted by Crippen LogP contribution is -2.32. The van der Waals surface area contributed by atoms with E-state index in [0.29, 0.717) is 33.7 Å². The van der Waals surface area contributed by atoms with Gasteiger partial charge in [-0.25, -0.2) is 5.43 Å². The molecule has 2 rings (SSSR count). The van der Waals surface area contributed by atoms with Crippen LogP contribution in [0.2, 0.25) is 10.0 Å². The van der Waals surface area contributed by atoms with Gasteiger partial charge in [0, 0.05) is 5.56 Å². The van der Waals surface area contributed by atoms with Gasteiger partial charge in [0.1, 0.15) is 5.75 Å². The zero-order valence-corrected chi connectivity index (χ0v) is 14.8. The molecule has 2 amide bonds. The summed E-state index contributed by atoms with van der Waals surface area (Å²) >= 11 is 11.9. The molecule has 0 radical (unpaired) electrons. The van der Waals surface area contributed by atoms with Crippen molar-refractivity contribution in [1.29, 1.82) is 0 Å². The van der Waals surface area contributed by atoms with E-state index in [9.17, 15) is 9.59 Å². The lowest BCUT2D eigenvalue weighted by Gasteiger charge is -2.10. The fourth-order valence-electron chi connectivity index (χ4n) is 1.86. The molecule has 0 saturated carbocycles. The van der Waals surface area contributed by atoms with Crippen LogP contribution < -0.4 is 15.5 Å². The zero-order chi connectivity index (χ0) is 18.2. The normalized spacial score (nSPS) is 10.5. The van der Waals surface area contributed by atoms with E-state index in [1.165, 1.54) is 6.21 Å². The molecule has 0 aromatic heterocycles. The molecule has 0 heterocycles. The summed E-state index contributed by atoms with van der Waals surface area (Å²) in [5.74, 6) is -1.33. The van der Waals surface area contributed by atoms with Crippen molar-refractivity contribution >= 4 is 46.9 Å². The largest absolute Gasteiger partial charge is 0.492 e. The molecule has 25 heavy (non-hydrogen) atoms. The highest BCUT2D eigenvalue weighted by Gasteiger charge is 2.15. The average molecular weight is 380 g/mol. The van der Waals surface area contributed by atoms with Gasteiger partial charge in [-0.05, 0) is 25.1 Å². The number of para-hydroxylation sites is 2. The highest BCUT2D eigenvalue weighted by Crippen LogP contribution is 2.24. The van der Waals surface area contributed by atoms with Gasteiger partial charge in [-0.3, -0.25) is 9.59 Å². The summed E-state index contributed by atoms with van der Waals surface area (Å²) in [7, 11) is 0. The second-order valence-corrected chi connectivity index (χ2v) is 5.51. The maximum absolute atomic E-state index is 11.9. The number of ether oxygens (including phenoxy) is 1. The minimum absolute atomic E-state index is 0.303. The lowest BCUT2D eigenvalue weighted by atomic mass is 10.2. The Morgan fingerprint density at radius 2 is 1.88 bits per heavy atom. The Hall–Kier alpha value is -2.57. The quantitative estimate of drug-likeness (QED) is 0.474. The smallest absolute Gasteiger partial charge is 0.329 e. The van der Waals surface area contributed by atoms with E-state index >= 15 is 0 Å². The average Bonchev–Trinajstić information content (AvgIpc) is 2.60. The molecule has 0 saturated heterocycles. The minimum Gasteiger partial charge on any atom is -0.492 e. The van der Waals surface area contributed by atoms with E-state index in [1.54, 1.807) is 42.5 Å². The van der Waals surface area contributed by atoms with Crippen LogP contribution in [-0.4, -0.2) is 24.6 Å². The van der Waals surface area contributed by atoms with Gasteiger partial charge in [-0.2, -0.15) is 5.10 Å². The second-order valence-electron chi connectivity index (χ2n) is 4.73. The number of benzene rings is 2. The first-order chi connectivity index (χ1) is 12.0. The Morgan fingerprint density at radius 1 is 1.12 bits per heavy atom. The van der Waals surface area contributed by atoms with Crippen molar-refractivity contribution < 1.29 is 14.3 Å². The first kappa shape index (κ1) is 18.8. The summed E-state index contributed by atoms with van der Waals surface area (Å²) in [5, 5.41) is 6.84. The molecule has 8 heteroatoms. The number of hydrogen-bond donors (Lipinski definition) is 2.